The summed E-state index contributed by atoms with van der Waals surface area (Å²) in [6.45, 7) is 4.22. The highest BCUT2D eigenvalue weighted by atomic mass is 16.1. The highest BCUT2D eigenvalue weighted by Crippen LogP contribution is 2.23. The van der Waals surface area contributed by atoms with Crippen molar-refractivity contribution in [3.05, 3.63) is 64.7 Å². The Hall–Kier alpha value is -2.66. The lowest BCUT2D eigenvalue weighted by molar-refractivity contribution is 0.774. The summed E-state index contributed by atoms with van der Waals surface area (Å²) in [4.78, 5) is 18.0. The molecule has 1 aromatic carbocycles. The number of nitrogens with zero attached hydrogens (tertiary/aromatic N) is 2. The Morgan fingerprint density at radius 1 is 1.22 bits per heavy atom. The molecule has 1 aliphatic heterocycles. The van der Waals surface area contributed by atoms with Crippen molar-refractivity contribution < 1.29 is 0 Å². The third-order valence-electron chi connectivity index (χ3n) is 5.18. The zero-order valence-corrected chi connectivity index (χ0v) is 15.7. The van der Waals surface area contributed by atoms with Gasteiger partial charge in [-0.05, 0) is 55.6 Å². The summed E-state index contributed by atoms with van der Waals surface area (Å²) < 4.78 is 1.64. The van der Waals surface area contributed by atoms with E-state index in [9.17, 15) is 4.79 Å². The maximum Gasteiger partial charge on any atom is 0.265 e. The van der Waals surface area contributed by atoms with Crippen molar-refractivity contribution in [3.8, 4) is 11.1 Å². The van der Waals surface area contributed by atoms with Gasteiger partial charge < -0.3 is 10.6 Å². The molecule has 1 aliphatic rings. The molecular formula is C22H26N4O. The van der Waals surface area contributed by atoms with Gasteiger partial charge in [-0.15, -0.1) is 0 Å². The van der Waals surface area contributed by atoms with Crippen LogP contribution in [-0.2, 0) is 6.42 Å². The van der Waals surface area contributed by atoms with Crippen molar-refractivity contribution in [1.82, 2.24) is 14.7 Å². The van der Waals surface area contributed by atoms with Gasteiger partial charge in [-0.1, -0.05) is 31.5 Å². The second-order valence-electron chi connectivity index (χ2n) is 7.18. The minimum atomic E-state index is 0.00686. The first kappa shape index (κ1) is 17.7. The average Bonchev–Trinajstić information content (AvgIpc) is 3.20. The van der Waals surface area contributed by atoms with E-state index in [1.807, 2.05) is 30.3 Å². The first-order chi connectivity index (χ1) is 13.3. The smallest absolute Gasteiger partial charge is 0.265 e. The fourth-order valence-corrected chi connectivity index (χ4v) is 3.70. The molecule has 0 saturated carbocycles. The van der Waals surface area contributed by atoms with Gasteiger partial charge in [0.05, 0.1) is 11.3 Å². The fraction of sp³-hybridized carbons (Fsp3) is 0.364. The van der Waals surface area contributed by atoms with Gasteiger partial charge in [0.2, 0.25) is 0 Å². The second-order valence-corrected chi connectivity index (χ2v) is 7.18. The summed E-state index contributed by atoms with van der Waals surface area (Å²) in [5.74, 6) is 0. The van der Waals surface area contributed by atoms with Crippen LogP contribution in [0.4, 0.5) is 5.69 Å². The number of rotatable bonds is 6. The number of fused-ring (bicyclic) bond motifs is 1. The lowest BCUT2D eigenvalue weighted by Gasteiger charge is -2.14. The van der Waals surface area contributed by atoms with Crippen LogP contribution >= 0.6 is 0 Å². The number of aryl methyl sites for hydroxylation is 1. The zero-order chi connectivity index (χ0) is 18.6. The van der Waals surface area contributed by atoms with Crippen LogP contribution in [0.2, 0.25) is 0 Å². The Balaban J connectivity index is 1.72. The highest BCUT2D eigenvalue weighted by Gasteiger charge is 2.16. The van der Waals surface area contributed by atoms with Crippen LogP contribution in [0.15, 0.2) is 53.5 Å². The summed E-state index contributed by atoms with van der Waals surface area (Å²) in [6, 6.07) is 14.4. The van der Waals surface area contributed by atoms with Crippen LogP contribution < -0.4 is 16.2 Å². The fourth-order valence-electron chi connectivity index (χ4n) is 3.70. The largest absolute Gasteiger partial charge is 0.381 e. The summed E-state index contributed by atoms with van der Waals surface area (Å²) in [5.41, 5.74) is 4.37. The van der Waals surface area contributed by atoms with E-state index >= 15 is 0 Å². The molecule has 0 radical (unpaired) electrons. The van der Waals surface area contributed by atoms with Crippen molar-refractivity contribution >= 4 is 11.3 Å². The van der Waals surface area contributed by atoms with Crippen molar-refractivity contribution in [3.63, 3.8) is 0 Å². The number of hydrogen-bond acceptors (Lipinski definition) is 4. The van der Waals surface area contributed by atoms with Crippen molar-refractivity contribution in [2.45, 2.75) is 38.6 Å². The highest BCUT2D eigenvalue weighted by molar-refractivity contribution is 5.69. The van der Waals surface area contributed by atoms with Crippen molar-refractivity contribution in [2.24, 2.45) is 0 Å². The van der Waals surface area contributed by atoms with Crippen LogP contribution in [0.3, 0.4) is 0 Å². The average molecular weight is 362 g/mol. The molecule has 3 heterocycles. The Labute approximate surface area is 159 Å². The summed E-state index contributed by atoms with van der Waals surface area (Å²) in [7, 11) is 0. The third-order valence-corrected chi connectivity index (χ3v) is 5.18. The van der Waals surface area contributed by atoms with E-state index in [1.165, 1.54) is 0 Å². The van der Waals surface area contributed by atoms with E-state index in [0.29, 0.717) is 11.7 Å². The molecule has 2 N–H and O–H groups in total. The SMILES string of the molecule is CCCCc1nc2ccccn2c(=O)c1-c1ccc(NC2CCNC2)cc1. The number of aromatic nitrogens is 2. The standard InChI is InChI=1S/C22H26N4O/c1-2-3-6-19-21(22(27)26-14-5-4-7-20(26)25-19)16-8-10-17(11-9-16)24-18-12-13-23-15-18/h4-5,7-11,14,18,23-24H,2-3,6,12-13,15H2,1H3. The van der Waals surface area contributed by atoms with Gasteiger partial charge in [0.1, 0.15) is 5.65 Å². The molecule has 1 unspecified atom stereocenters. The lowest BCUT2D eigenvalue weighted by atomic mass is 10.0. The Morgan fingerprint density at radius 2 is 2.07 bits per heavy atom. The molecule has 5 heteroatoms. The quantitative estimate of drug-likeness (QED) is 0.705. The van der Waals surface area contributed by atoms with Crippen LogP contribution in [0.25, 0.3) is 16.8 Å². The monoisotopic (exact) mass is 362 g/mol. The van der Waals surface area contributed by atoms with E-state index in [2.05, 4.69) is 29.7 Å². The molecule has 2 aromatic heterocycles. The summed E-state index contributed by atoms with van der Waals surface area (Å²) in [5, 5.41) is 6.92. The molecule has 3 aromatic rings. The van der Waals surface area contributed by atoms with Gasteiger partial charge >= 0.3 is 0 Å². The van der Waals surface area contributed by atoms with Gasteiger partial charge in [-0.3, -0.25) is 9.20 Å². The van der Waals surface area contributed by atoms with Gasteiger partial charge in [0, 0.05) is 24.5 Å². The van der Waals surface area contributed by atoms with E-state index in [4.69, 9.17) is 4.98 Å². The van der Waals surface area contributed by atoms with Crippen molar-refractivity contribution in [1.29, 1.82) is 0 Å². The predicted molar refractivity (Wildman–Crippen MR) is 110 cm³/mol. The van der Waals surface area contributed by atoms with Crippen LogP contribution in [0, 0.1) is 0 Å². The molecule has 1 saturated heterocycles. The molecule has 0 amide bonds. The topological polar surface area (TPSA) is 58.4 Å². The zero-order valence-electron chi connectivity index (χ0n) is 15.7. The maximum atomic E-state index is 13.2. The molecular weight excluding hydrogens is 336 g/mol. The number of unbranched alkanes of at least 4 members (excludes halogenated alkanes) is 1. The molecule has 1 fully saturated rings. The Kier molecular flexibility index (Phi) is 5.21. The minimum Gasteiger partial charge on any atom is -0.381 e. The van der Waals surface area contributed by atoms with E-state index in [0.717, 1.165) is 61.3 Å². The first-order valence-electron chi connectivity index (χ1n) is 9.84. The Morgan fingerprint density at radius 3 is 2.81 bits per heavy atom. The molecule has 0 spiro atoms. The third kappa shape index (κ3) is 3.74. The van der Waals surface area contributed by atoms with Crippen molar-refractivity contribution in [2.75, 3.05) is 18.4 Å². The van der Waals surface area contributed by atoms with E-state index in [-0.39, 0.29) is 5.56 Å². The van der Waals surface area contributed by atoms with Gasteiger partial charge in [-0.25, -0.2) is 4.98 Å². The number of hydrogen-bond donors (Lipinski definition) is 2. The molecule has 140 valence electrons. The number of anilines is 1. The second kappa shape index (κ2) is 7.92. The maximum absolute atomic E-state index is 13.2. The summed E-state index contributed by atoms with van der Waals surface area (Å²) >= 11 is 0. The van der Waals surface area contributed by atoms with Crippen LogP contribution in [-0.4, -0.2) is 28.5 Å². The van der Waals surface area contributed by atoms with Crippen LogP contribution in [0.5, 0.6) is 0 Å². The van der Waals surface area contributed by atoms with Gasteiger partial charge in [-0.2, -0.15) is 0 Å². The van der Waals surface area contributed by atoms with E-state index in [1.54, 1.807) is 10.6 Å². The van der Waals surface area contributed by atoms with Gasteiger partial charge in [0.25, 0.3) is 5.56 Å². The Bertz CT molecular complexity index is 972. The van der Waals surface area contributed by atoms with Crippen LogP contribution in [0.1, 0.15) is 31.9 Å². The molecule has 0 bridgehead atoms. The van der Waals surface area contributed by atoms with E-state index < -0.39 is 0 Å². The molecule has 5 nitrogen and oxygen atoms in total. The molecule has 1 atom stereocenters. The number of nitrogens with one attached hydrogen (secondary N) is 2. The lowest BCUT2D eigenvalue weighted by Crippen LogP contribution is -2.22. The minimum absolute atomic E-state index is 0.00686. The molecule has 4 rings (SSSR count). The first-order valence-corrected chi connectivity index (χ1v) is 9.84. The normalized spacial score (nSPS) is 16.7. The molecule has 0 aliphatic carbocycles. The number of benzene rings is 1. The summed E-state index contributed by atoms with van der Waals surface area (Å²) in [6.07, 6.45) is 5.85. The molecule has 27 heavy (non-hydrogen) atoms. The van der Waals surface area contributed by atoms with Gasteiger partial charge in [0.15, 0.2) is 0 Å². The predicted octanol–water partition coefficient (Wildman–Crippen LogP) is 3.48. The number of pyridine rings is 1.